The maximum atomic E-state index is 2.50. The molecule has 0 N–H and O–H groups in total. The molecule has 2 heteroatoms. The predicted octanol–water partition coefficient (Wildman–Crippen LogP) is 8.16. The van der Waals surface area contributed by atoms with Crippen molar-refractivity contribution >= 4 is 0 Å². The van der Waals surface area contributed by atoms with E-state index in [1.807, 2.05) is 0 Å². The van der Waals surface area contributed by atoms with Gasteiger partial charge in [-0.3, -0.25) is 0 Å². The summed E-state index contributed by atoms with van der Waals surface area (Å²) in [5.74, 6) is 0. The molecule has 0 spiro atoms. The quantitative estimate of drug-likeness (QED) is 0.231. The third kappa shape index (κ3) is 9.88. The molecule has 0 fully saturated rings. The molecule has 0 radical (unpaired) electrons. The summed E-state index contributed by atoms with van der Waals surface area (Å²) in [7, 11) is 4.55. The van der Waals surface area contributed by atoms with Gasteiger partial charge in [0.15, 0.2) is 0 Å². The number of hydrogen-bond acceptors (Lipinski definition) is 2. The highest BCUT2D eigenvalue weighted by Crippen LogP contribution is 2.29. The van der Waals surface area contributed by atoms with Crippen molar-refractivity contribution in [2.75, 3.05) is 27.2 Å². The van der Waals surface area contributed by atoms with Crippen LogP contribution in [0.5, 0.6) is 0 Å². The average Bonchev–Trinajstić information content (AvgIpc) is 2.80. The van der Waals surface area contributed by atoms with Crippen molar-refractivity contribution in [2.45, 2.75) is 91.1 Å². The Morgan fingerprint density at radius 3 is 1.28 bits per heavy atom. The number of unbranched alkanes of at least 4 members (excludes halogenated alkanes) is 8. The van der Waals surface area contributed by atoms with Crippen LogP contribution in [0.25, 0.3) is 11.1 Å². The monoisotopic (exact) mass is 436 g/mol. The molecule has 32 heavy (non-hydrogen) atoms. The maximum Gasteiger partial charge on any atom is 0.0236 e. The fourth-order valence-corrected chi connectivity index (χ4v) is 4.55. The molecule has 0 bridgehead atoms. The summed E-state index contributed by atoms with van der Waals surface area (Å²) >= 11 is 0. The largest absolute Gasteiger partial charge is 0.302 e. The smallest absolute Gasteiger partial charge is 0.0236 e. The van der Waals surface area contributed by atoms with Crippen LogP contribution in [0.15, 0.2) is 48.5 Å². The minimum absolute atomic E-state index is 1.02. The zero-order chi connectivity index (χ0) is 23.0. The van der Waals surface area contributed by atoms with Gasteiger partial charge in [0.1, 0.15) is 0 Å². The van der Waals surface area contributed by atoms with Crippen LogP contribution in [-0.4, -0.2) is 37.0 Å². The van der Waals surface area contributed by atoms with Gasteiger partial charge in [0.25, 0.3) is 0 Å². The number of hydrogen-bond donors (Lipinski definition) is 0. The van der Waals surface area contributed by atoms with Gasteiger partial charge in [0, 0.05) is 13.1 Å². The van der Waals surface area contributed by atoms with Crippen LogP contribution in [0.3, 0.4) is 0 Å². The van der Waals surface area contributed by atoms with Crippen molar-refractivity contribution in [2.24, 2.45) is 0 Å². The second-order valence-electron chi connectivity index (χ2n) is 9.62. The van der Waals surface area contributed by atoms with Crippen molar-refractivity contribution < 1.29 is 0 Å². The van der Waals surface area contributed by atoms with Gasteiger partial charge in [0.2, 0.25) is 0 Å². The first-order valence-electron chi connectivity index (χ1n) is 13.2. The Morgan fingerprint density at radius 2 is 0.875 bits per heavy atom. The van der Waals surface area contributed by atoms with E-state index in [2.05, 4.69) is 86.3 Å². The molecule has 0 amide bonds. The van der Waals surface area contributed by atoms with E-state index >= 15 is 0 Å². The minimum atomic E-state index is 1.02. The Labute approximate surface area is 199 Å². The van der Waals surface area contributed by atoms with Gasteiger partial charge >= 0.3 is 0 Å². The summed E-state index contributed by atoms with van der Waals surface area (Å²) in [4.78, 5) is 4.99. The van der Waals surface area contributed by atoms with E-state index in [1.165, 1.54) is 99.6 Å². The molecule has 0 saturated carbocycles. The van der Waals surface area contributed by atoms with Gasteiger partial charge in [0.05, 0.1) is 0 Å². The summed E-state index contributed by atoms with van der Waals surface area (Å²) in [6.45, 7) is 8.97. The molecule has 0 atom stereocenters. The molecule has 0 aliphatic carbocycles. The third-order valence-corrected chi connectivity index (χ3v) is 6.49. The van der Waals surface area contributed by atoms with E-state index in [0.717, 1.165) is 13.1 Å². The zero-order valence-corrected chi connectivity index (χ0v) is 21.4. The van der Waals surface area contributed by atoms with Crippen LogP contribution in [0, 0.1) is 0 Å². The fourth-order valence-electron chi connectivity index (χ4n) is 4.55. The molecule has 178 valence electrons. The van der Waals surface area contributed by atoms with E-state index in [9.17, 15) is 0 Å². The molecule has 0 aliphatic rings. The topological polar surface area (TPSA) is 6.48 Å². The highest BCUT2D eigenvalue weighted by molar-refractivity contribution is 5.70. The lowest BCUT2D eigenvalue weighted by Crippen LogP contribution is -2.20. The lowest BCUT2D eigenvalue weighted by atomic mass is 9.94. The molecule has 2 aromatic carbocycles. The molecule has 0 aromatic heterocycles. The van der Waals surface area contributed by atoms with E-state index < -0.39 is 0 Å². The molecule has 2 nitrogen and oxygen atoms in total. The van der Waals surface area contributed by atoms with Crippen LogP contribution < -0.4 is 0 Å². The van der Waals surface area contributed by atoms with Crippen molar-refractivity contribution in [1.82, 2.24) is 9.80 Å². The first-order valence-corrected chi connectivity index (χ1v) is 13.2. The number of benzene rings is 2. The van der Waals surface area contributed by atoms with Crippen molar-refractivity contribution in [1.29, 1.82) is 0 Å². The molecule has 0 aliphatic heterocycles. The second-order valence-corrected chi connectivity index (χ2v) is 9.62. The summed E-state index contributed by atoms with van der Waals surface area (Å²) in [6.07, 6.45) is 13.4. The second kappa shape index (κ2) is 16.0. The number of rotatable bonds is 17. The van der Waals surface area contributed by atoms with Crippen LogP contribution in [0.1, 0.15) is 89.2 Å². The molecule has 2 aromatic rings. The molecular weight excluding hydrogens is 388 g/mol. The Balaban J connectivity index is 2.00. The predicted molar refractivity (Wildman–Crippen MR) is 142 cm³/mol. The Morgan fingerprint density at radius 1 is 0.500 bits per heavy atom. The first-order chi connectivity index (χ1) is 15.7. The highest BCUT2D eigenvalue weighted by atomic mass is 15.1. The van der Waals surface area contributed by atoms with E-state index in [0.29, 0.717) is 0 Å². The van der Waals surface area contributed by atoms with Crippen LogP contribution in [-0.2, 0) is 13.1 Å². The number of nitrogens with zero attached hydrogens (tertiary/aromatic N) is 2. The van der Waals surface area contributed by atoms with Gasteiger partial charge in [-0.15, -0.1) is 0 Å². The van der Waals surface area contributed by atoms with Gasteiger partial charge in [-0.05, 0) is 62.3 Å². The van der Waals surface area contributed by atoms with E-state index in [-0.39, 0.29) is 0 Å². The minimum Gasteiger partial charge on any atom is -0.302 e. The summed E-state index contributed by atoms with van der Waals surface area (Å²) in [5, 5.41) is 0. The Kier molecular flexibility index (Phi) is 13.3. The Bertz CT molecular complexity index is 676. The average molecular weight is 437 g/mol. The summed E-state index contributed by atoms with van der Waals surface area (Å²) < 4.78 is 0. The maximum absolute atomic E-state index is 2.50. The van der Waals surface area contributed by atoms with Crippen LogP contribution in [0.2, 0.25) is 0 Å². The molecular formula is C30H48N2. The van der Waals surface area contributed by atoms with E-state index in [1.54, 1.807) is 0 Å². The molecule has 0 heterocycles. The van der Waals surface area contributed by atoms with Crippen molar-refractivity contribution in [3.8, 4) is 11.1 Å². The summed E-state index contributed by atoms with van der Waals surface area (Å²) in [5.41, 5.74) is 5.69. The molecule has 0 saturated heterocycles. The summed E-state index contributed by atoms with van der Waals surface area (Å²) in [6, 6.07) is 18.0. The zero-order valence-electron chi connectivity index (χ0n) is 21.4. The van der Waals surface area contributed by atoms with Gasteiger partial charge in [-0.2, -0.15) is 0 Å². The lowest BCUT2D eigenvalue weighted by molar-refractivity contribution is 0.315. The van der Waals surface area contributed by atoms with Crippen LogP contribution >= 0.6 is 0 Å². The fraction of sp³-hybridized carbons (Fsp3) is 0.600. The first kappa shape index (κ1) is 26.6. The standard InChI is InChI=1S/C30H48N2/c1-5-7-9-11-17-23-31(3)25-27-19-13-15-21-29(27)30-22-16-14-20-28(30)26-32(4)24-18-12-10-8-6-2/h13-16,19-22H,5-12,17-18,23-26H2,1-4H3. The SMILES string of the molecule is CCCCCCCN(C)Cc1ccccc1-c1ccccc1CN(C)CCCCCCC. The lowest BCUT2D eigenvalue weighted by Gasteiger charge is -2.22. The molecule has 0 unspecified atom stereocenters. The van der Waals surface area contributed by atoms with Crippen molar-refractivity contribution in [3.63, 3.8) is 0 Å². The van der Waals surface area contributed by atoms with Gasteiger partial charge < -0.3 is 9.80 Å². The molecule has 2 rings (SSSR count). The van der Waals surface area contributed by atoms with Crippen LogP contribution in [0.4, 0.5) is 0 Å². The normalized spacial score (nSPS) is 11.6. The van der Waals surface area contributed by atoms with Gasteiger partial charge in [-0.1, -0.05) is 114 Å². The van der Waals surface area contributed by atoms with E-state index in [4.69, 9.17) is 0 Å². The third-order valence-electron chi connectivity index (χ3n) is 6.49. The van der Waals surface area contributed by atoms with Gasteiger partial charge in [-0.25, -0.2) is 0 Å². The van der Waals surface area contributed by atoms with Crippen molar-refractivity contribution in [3.05, 3.63) is 59.7 Å². The Hall–Kier alpha value is -1.64. The highest BCUT2D eigenvalue weighted by Gasteiger charge is 2.12.